The lowest BCUT2D eigenvalue weighted by atomic mass is 10.3. The summed E-state index contributed by atoms with van der Waals surface area (Å²) >= 11 is 0. The van der Waals surface area contributed by atoms with E-state index in [2.05, 4.69) is 9.97 Å². The van der Waals surface area contributed by atoms with Gasteiger partial charge in [-0.05, 0) is 39.7 Å². The van der Waals surface area contributed by atoms with Gasteiger partial charge in [0.15, 0.2) is 0 Å². The van der Waals surface area contributed by atoms with E-state index in [1.54, 1.807) is 24.4 Å². The van der Waals surface area contributed by atoms with E-state index in [1.165, 1.54) is 12.3 Å². The van der Waals surface area contributed by atoms with Gasteiger partial charge in [-0.1, -0.05) is 0 Å². The molecule has 2 aromatic rings. The molecule has 7 heteroatoms. The van der Waals surface area contributed by atoms with Crippen LogP contribution in [0.5, 0.6) is 5.75 Å². The van der Waals surface area contributed by atoms with Gasteiger partial charge in [-0.15, -0.1) is 0 Å². The van der Waals surface area contributed by atoms with Crippen LogP contribution in [0.3, 0.4) is 0 Å². The normalized spacial score (nSPS) is 10.0. The van der Waals surface area contributed by atoms with Gasteiger partial charge in [0.05, 0.1) is 0 Å². The molecule has 0 atom stereocenters. The zero-order valence-corrected chi connectivity index (χ0v) is 9.31. The Morgan fingerprint density at radius 1 is 1.33 bits per heavy atom. The number of nitrogens with two attached hydrogens (primary N) is 1. The van der Waals surface area contributed by atoms with E-state index < -0.39 is 4.92 Å². The van der Waals surface area contributed by atoms with Crippen LogP contribution >= 0.6 is 0 Å². The Balaban J connectivity index is 2.13. The van der Waals surface area contributed by atoms with Gasteiger partial charge in [0.1, 0.15) is 18.6 Å². The van der Waals surface area contributed by atoms with Crippen molar-refractivity contribution in [3.05, 3.63) is 52.3 Å². The van der Waals surface area contributed by atoms with Crippen LogP contribution in [0.4, 0.5) is 11.6 Å². The fourth-order valence-corrected chi connectivity index (χ4v) is 1.38. The van der Waals surface area contributed by atoms with E-state index in [0.29, 0.717) is 5.82 Å². The lowest BCUT2D eigenvalue weighted by Crippen LogP contribution is -2.01. The minimum Gasteiger partial charge on any atom is -0.481 e. The number of nitro groups is 1. The van der Waals surface area contributed by atoms with E-state index in [-0.39, 0.29) is 18.2 Å². The van der Waals surface area contributed by atoms with Crippen LogP contribution in [0.2, 0.25) is 0 Å². The average molecular weight is 246 g/mol. The summed E-state index contributed by atoms with van der Waals surface area (Å²) in [7, 11) is 0. The summed E-state index contributed by atoms with van der Waals surface area (Å²) in [5.74, 6) is 0.189. The molecule has 0 aromatic carbocycles. The van der Waals surface area contributed by atoms with E-state index in [0.717, 1.165) is 5.56 Å². The van der Waals surface area contributed by atoms with Crippen molar-refractivity contribution in [1.82, 2.24) is 9.97 Å². The van der Waals surface area contributed by atoms with Crippen molar-refractivity contribution < 1.29 is 9.66 Å². The maximum Gasteiger partial charge on any atom is 0.406 e. The van der Waals surface area contributed by atoms with Gasteiger partial charge >= 0.3 is 5.82 Å². The van der Waals surface area contributed by atoms with Crippen molar-refractivity contribution in [2.24, 2.45) is 0 Å². The number of pyridine rings is 2. The van der Waals surface area contributed by atoms with Gasteiger partial charge in [-0.3, -0.25) is 0 Å². The summed E-state index contributed by atoms with van der Waals surface area (Å²) in [5.41, 5.74) is 6.30. The van der Waals surface area contributed by atoms with Gasteiger partial charge in [0.25, 0.3) is 0 Å². The topological polar surface area (TPSA) is 104 Å². The Kier molecular flexibility index (Phi) is 3.33. The van der Waals surface area contributed by atoms with Crippen LogP contribution in [0.15, 0.2) is 36.7 Å². The number of nitrogen functional groups attached to an aromatic ring is 1. The standard InChI is InChI=1S/C11H10N4O3/c12-10-6-8(3-5-13-10)7-18-9-2-1-4-14-11(9)15(16)17/h1-6H,7H2,(H2,12,13). The third kappa shape index (κ3) is 2.70. The summed E-state index contributed by atoms with van der Waals surface area (Å²) in [5, 5.41) is 10.7. The fourth-order valence-electron chi connectivity index (χ4n) is 1.38. The molecule has 0 saturated carbocycles. The highest BCUT2D eigenvalue weighted by molar-refractivity contribution is 5.39. The third-order valence-electron chi connectivity index (χ3n) is 2.16. The van der Waals surface area contributed by atoms with Crippen LogP contribution in [0, 0.1) is 10.1 Å². The van der Waals surface area contributed by atoms with Crippen molar-refractivity contribution >= 4 is 11.6 Å². The molecule has 2 rings (SSSR count). The van der Waals surface area contributed by atoms with Gasteiger partial charge in [0.2, 0.25) is 5.75 Å². The molecule has 0 saturated heterocycles. The maximum absolute atomic E-state index is 10.7. The van der Waals surface area contributed by atoms with E-state index >= 15 is 0 Å². The van der Waals surface area contributed by atoms with Crippen LogP contribution in [-0.4, -0.2) is 14.9 Å². The highest BCUT2D eigenvalue weighted by atomic mass is 16.6. The second-order valence-corrected chi connectivity index (χ2v) is 3.46. The Labute approximate surface area is 102 Å². The molecular formula is C11H10N4O3. The maximum atomic E-state index is 10.7. The minimum absolute atomic E-state index is 0.123. The van der Waals surface area contributed by atoms with Crippen molar-refractivity contribution in [3.63, 3.8) is 0 Å². The molecule has 7 nitrogen and oxygen atoms in total. The molecule has 0 radical (unpaired) electrons. The Hall–Kier alpha value is -2.70. The number of aromatic nitrogens is 2. The van der Waals surface area contributed by atoms with Crippen molar-refractivity contribution in [1.29, 1.82) is 0 Å². The van der Waals surface area contributed by atoms with E-state index in [9.17, 15) is 10.1 Å². The number of hydrogen-bond donors (Lipinski definition) is 1. The monoisotopic (exact) mass is 246 g/mol. The van der Waals surface area contributed by atoms with Gasteiger partial charge < -0.3 is 20.6 Å². The van der Waals surface area contributed by atoms with Gasteiger partial charge in [0, 0.05) is 6.20 Å². The van der Waals surface area contributed by atoms with Gasteiger partial charge in [-0.25, -0.2) is 4.98 Å². The zero-order chi connectivity index (χ0) is 13.0. The average Bonchev–Trinajstić information content (AvgIpc) is 2.37. The van der Waals surface area contributed by atoms with Crippen molar-refractivity contribution in [3.8, 4) is 5.75 Å². The molecule has 92 valence electrons. The lowest BCUT2D eigenvalue weighted by Gasteiger charge is -2.06. The van der Waals surface area contributed by atoms with Gasteiger partial charge in [-0.2, -0.15) is 0 Å². The number of nitrogens with zero attached hydrogens (tertiary/aromatic N) is 3. The molecule has 0 amide bonds. The molecular weight excluding hydrogens is 236 g/mol. The first-order chi connectivity index (χ1) is 8.66. The van der Waals surface area contributed by atoms with Crippen LogP contribution in [0.25, 0.3) is 0 Å². The highest BCUT2D eigenvalue weighted by Crippen LogP contribution is 2.23. The van der Waals surface area contributed by atoms with Crippen LogP contribution in [-0.2, 0) is 6.61 Å². The fraction of sp³-hybridized carbons (Fsp3) is 0.0909. The summed E-state index contributed by atoms with van der Waals surface area (Å²) in [6.07, 6.45) is 2.89. The molecule has 2 N–H and O–H groups in total. The Bertz CT molecular complexity index is 574. The van der Waals surface area contributed by atoms with E-state index in [1.807, 2.05) is 0 Å². The first kappa shape index (κ1) is 11.8. The number of hydrogen-bond acceptors (Lipinski definition) is 6. The van der Waals surface area contributed by atoms with Crippen LogP contribution < -0.4 is 10.5 Å². The minimum atomic E-state index is -0.587. The first-order valence-corrected chi connectivity index (χ1v) is 5.09. The summed E-state index contributed by atoms with van der Waals surface area (Å²) in [4.78, 5) is 17.6. The van der Waals surface area contributed by atoms with Crippen molar-refractivity contribution in [2.75, 3.05) is 5.73 Å². The zero-order valence-electron chi connectivity index (χ0n) is 9.31. The number of anilines is 1. The largest absolute Gasteiger partial charge is 0.481 e. The van der Waals surface area contributed by atoms with Crippen molar-refractivity contribution in [2.45, 2.75) is 6.61 Å². The molecule has 0 aliphatic rings. The number of ether oxygens (including phenoxy) is 1. The van der Waals surface area contributed by atoms with Crippen LogP contribution in [0.1, 0.15) is 5.56 Å². The molecule has 0 aliphatic carbocycles. The Morgan fingerprint density at radius 3 is 2.89 bits per heavy atom. The summed E-state index contributed by atoms with van der Waals surface area (Å²) in [6.45, 7) is 0.166. The third-order valence-corrected chi connectivity index (χ3v) is 2.16. The second-order valence-electron chi connectivity index (χ2n) is 3.46. The predicted octanol–water partition coefficient (Wildman–Crippen LogP) is 1.55. The molecule has 0 fully saturated rings. The Morgan fingerprint density at radius 2 is 2.17 bits per heavy atom. The molecule has 18 heavy (non-hydrogen) atoms. The molecule has 2 heterocycles. The SMILES string of the molecule is Nc1cc(COc2cccnc2[N+](=O)[O-])ccn1. The quantitative estimate of drug-likeness (QED) is 0.648. The smallest absolute Gasteiger partial charge is 0.406 e. The molecule has 0 spiro atoms. The number of rotatable bonds is 4. The molecule has 0 aliphatic heterocycles. The predicted molar refractivity (Wildman–Crippen MR) is 63.9 cm³/mol. The molecule has 0 bridgehead atoms. The summed E-state index contributed by atoms with van der Waals surface area (Å²) in [6, 6.07) is 6.43. The second kappa shape index (κ2) is 5.09. The van der Waals surface area contributed by atoms with E-state index in [4.69, 9.17) is 10.5 Å². The molecule has 0 unspecified atom stereocenters. The first-order valence-electron chi connectivity index (χ1n) is 5.09. The lowest BCUT2D eigenvalue weighted by molar-refractivity contribution is -0.390. The highest BCUT2D eigenvalue weighted by Gasteiger charge is 2.15. The summed E-state index contributed by atoms with van der Waals surface area (Å²) < 4.78 is 5.35. The molecule has 2 aromatic heterocycles.